The Kier molecular flexibility index (Phi) is 8.42. The minimum Gasteiger partial charge on any atom is -0.372 e. The van der Waals surface area contributed by atoms with Gasteiger partial charge in [0, 0.05) is 59.9 Å². The van der Waals surface area contributed by atoms with E-state index in [2.05, 4.69) is 81.0 Å². The number of likely N-dealkylation sites (N-methyl/N-ethyl adjacent to an activating group) is 2. The Morgan fingerprint density at radius 2 is 1.95 bits per heavy atom. The van der Waals surface area contributed by atoms with Crippen molar-refractivity contribution in [3.8, 4) is 11.3 Å². The Morgan fingerprint density at radius 1 is 1.12 bits per heavy atom. The van der Waals surface area contributed by atoms with Crippen molar-refractivity contribution in [3.63, 3.8) is 0 Å². The molecule has 1 amide bonds. The molecule has 8 nitrogen and oxygen atoms in total. The number of amides is 1. The lowest BCUT2D eigenvalue weighted by Crippen LogP contribution is -2.29. The molecular formula is C31H37N7OS. The van der Waals surface area contributed by atoms with Crippen LogP contribution in [0.1, 0.15) is 18.5 Å². The van der Waals surface area contributed by atoms with Crippen molar-refractivity contribution >= 4 is 51.6 Å². The molecule has 0 saturated carbocycles. The van der Waals surface area contributed by atoms with E-state index in [-0.39, 0.29) is 5.91 Å². The molecule has 3 heterocycles. The monoisotopic (exact) mass is 555 g/mol. The molecule has 0 saturated heterocycles. The average Bonchev–Trinajstić information content (AvgIpc) is 3.30. The molecule has 2 aromatic carbocycles. The highest BCUT2D eigenvalue weighted by Crippen LogP contribution is 2.39. The highest BCUT2D eigenvalue weighted by Gasteiger charge is 2.22. The number of aromatic nitrogens is 3. The van der Waals surface area contributed by atoms with E-state index in [1.165, 1.54) is 41.1 Å². The van der Waals surface area contributed by atoms with Crippen LogP contribution in [-0.4, -0.2) is 65.8 Å². The molecule has 0 atom stereocenters. The van der Waals surface area contributed by atoms with E-state index in [9.17, 15) is 4.79 Å². The van der Waals surface area contributed by atoms with Crippen molar-refractivity contribution in [1.82, 2.24) is 19.4 Å². The first-order valence-electron chi connectivity index (χ1n) is 13.6. The summed E-state index contributed by atoms with van der Waals surface area (Å²) in [5.41, 5.74) is 7.20. The number of rotatable bonds is 10. The fourth-order valence-corrected chi connectivity index (χ4v) is 5.86. The highest BCUT2D eigenvalue weighted by atomic mass is 32.2. The standard InChI is InChI=1S/C31H37N7OS/c1-6-29(39)33-23-19-24(28(40-5)20-27(23)37(4)18-17-36(2)3)35-31-32-15-14-22(34-31)30-21-11-7-8-12-25(21)38-16-10-9-13-26(30)38/h6-8,11-12,14-15,19-20H,1,9-10,13,16-18H2,2-5H3,(H,33,39)(H,32,34,35). The summed E-state index contributed by atoms with van der Waals surface area (Å²) in [6.07, 6.45) is 8.57. The Morgan fingerprint density at radius 3 is 2.73 bits per heavy atom. The zero-order valence-corrected chi connectivity index (χ0v) is 24.5. The van der Waals surface area contributed by atoms with Crippen LogP contribution in [0.2, 0.25) is 0 Å². The third kappa shape index (κ3) is 5.71. The molecule has 4 aromatic rings. The second-order valence-corrected chi connectivity index (χ2v) is 11.2. The summed E-state index contributed by atoms with van der Waals surface area (Å²) >= 11 is 1.64. The van der Waals surface area contributed by atoms with Crippen LogP contribution in [0.5, 0.6) is 0 Å². The smallest absolute Gasteiger partial charge is 0.247 e. The fraction of sp³-hybridized carbons (Fsp3) is 0.323. The number of nitrogens with zero attached hydrogens (tertiary/aromatic N) is 5. The van der Waals surface area contributed by atoms with Crippen molar-refractivity contribution in [3.05, 3.63) is 67.0 Å². The molecule has 2 aromatic heterocycles. The number of aryl methyl sites for hydroxylation is 1. The number of hydrogen-bond acceptors (Lipinski definition) is 7. The van der Waals surface area contributed by atoms with Gasteiger partial charge in [-0.1, -0.05) is 24.8 Å². The number of anilines is 4. The van der Waals surface area contributed by atoms with Gasteiger partial charge in [0.25, 0.3) is 0 Å². The summed E-state index contributed by atoms with van der Waals surface area (Å²) in [5.74, 6) is 0.260. The molecular weight excluding hydrogens is 518 g/mol. The van der Waals surface area contributed by atoms with E-state index in [1.807, 2.05) is 31.6 Å². The summed E-state index contributed by atoms with van der Waals surface area (Å²) in [6.45, 7) is 6.37. The average molecular weight is 556 g/mol. The molecule has 40 heavy (non-hydrogen) atoms. The molecule has 0 aliphatic carbocycles. The normalized spacial score (nSPS) is 12.8. The molecule has 0 spiro atoms. The molecule has 0 bridgehead atoms. The summed E-state index contributed by atoms with van der Waals surface area (Å²) in [7, 11) is 6.14. The number of nitrogens with one attached hydrogen (secondary N) is 2. The van der Waals surface area contributed by atoms with Gasteiger partial charge in [-0.15, -0.1) is 11.8 Å². The fourth-order valence-electron chi connectivity index (χ4n) is 5.30. The molecule has 0 fully saturated rings. The van der Waals surface area contributed by atoms with E-state index in [1.54, 1.807) is 11.8 Å². The number of thioether (sulfide) groups is 1. The van der Waals surface area contributed by atoms with Crippen molar-refractivity contribution in [2.75, 3.05) is 56.0 Å². The minimum absolute atomic E-state index is 0.256. The van der Waals surface area contributed by atoms with E-state index in [4.69, 9.17) is 4.98 Å². The van der Waals surface area contributed by atoms with Gasteiger partial charge in [-0.05, 0) is 70.0 Å². The lowest BCUT2D eigenvalue weighted by molar-refractivity contribution is -0.111. The Bertz CT molecular complexity index is 1540. The second-order valence-electron chi connectivity index (χ2n) is 10.3. The molecule has 1 aliphatic rings. The number of fused-ring (bicyclic) bond motifs is 3. The van der Waals surface area contributed by atoms with Gasteiger partial charge < -0.3 is 25.0 Å². The van der Waals surface area contributed by atoms with Crippen LogP contribution in [-0.2, 0) is 17.8 Å². The molecule has 208 valence electrons. The number of carbonyl (C=O) groups is 1. The quantitative estimate of drug-likeness (QED) is 0.183. The Balaban J connectivity index is 1.53. The maximum absolute atomic E-state index is 12.3. The topological polar surface area (TPSA) is 78.3 Å². The van der Waals surface area contributed by atoms with Gasteiger partial charge in [0.15, 0.2) is 0 Å². The first-order valence-corrected chi connectivity index (χ1v) is 14.8. The van der Waals surface area contributed by atoms with Crippen LogP contribution in [0.15, 0.2) is 66.2 Å². The lowest BCUT2D eigenvalue weighted by Gasteiger charge is -2.26. The summed E-state index contributed by atoms with van der Waals surface area (Å²) in [5, 5.41) is 7.67. The maximum Gasteiger partial charge on any atom is 0.247 e. The highest BCUT2D eigenvalue weighted by molar-refractivity contribution is 7.98. The van der Waals surface area contributed by atoms with Gasteiger partial charge in [-0.25, -0.2) is 9.97 Å². The third-order valence-electron chi connectivity index (χ3n) is 7.34. The summed E-state index contributed by atoms with van der Waals surface area (Å²) in [4.78, 5) is 27.2. The second kappa shape index (κ2) is 12.1. The van der Waals surface area contributed by atoms with E-state index in [0.29, 0.717) is 11.6 Å². The van der Waals surface area contributed by atoms with E-state index < -0.39 is 0 Å². The Hall–Kier alpha value is -3.82. The van der Waals surface area contributed by atoms with Crippen LogP contribution >= 0.6 is 11.8 Å². The van der Waals surface area contributed by atoms with Gasteiger partial charge in [-0.2, -0.15) is 0 Å². The number of para-hydroxylation sites is 1. The molecule has 2 N–H and O–H groups in total. The molecule has 0 radical (unpaired) electrons. The number of hydrogen-bond donors (Lipinski definition) is 2. The predicted molar refractivity (Wildman–Crippen MR) is 168 cm³/mol. The molecule has 5 rings (SSSR count). The SMILES string of the molecule is C=CC(=O)Nc1cc(Nc2nccc(-c3c4n(c5ccccc35)CCCC4)n2)c(SC)cc1N(C)CCN(C)C. The predicted octanol–water partition coefficient (Wildman–Crippen LogP) is 6.02. The van der Waals surface area contributed by atoms with Crippen LogP contribution < -0.4 is 15.5 Å². The summed E-state index contributed by atoms with van der Waals surface area (Å²) in [6, 6.07) is 14.7. The van der Waals surface area contributed by atoms with E-state index >= 15 is 0 Å². The first kappa shape index (κ1) is 27.7. The van der Waals surface area contributed by atoms with Crippen molar-refractivity contribution in [2.24, 2.45) is 0 Å². The first-order chi connectivity index (χ1) is 19.4. The van der Waals surface area contributed by atoms with Gasteiger partial charge in [0.1, 0.15) is 0 Å². The number of carbonyl (C=O) groups excluding carboxylic acids is 1. The van der Waals surface area contributed by atoms with Gasteiger partial charge in [0.05, 0.1) is 22.8 Å². The Labute approximate surface area is 240 Å². The lowest BCUT2D eigenvalue weighted by atomic mass is 10.0. The zero-order chi connectivity index (χ0) is 28.2. The van der Waals surface area contributed by atoms with Gasteiger partial charge in [0.2, 0.25) is 11.9 Å². The number of benzene rings is 2. The van der Waals surface area contributed by atoms with Crippen molar-refractivity contribution < 1.29 is 4.79 Å². The largest absolute Gasteiger partial charge is 0.372 e. The maximum atomic E-state index is 12.3. The van der Waals surface area contributed by atoms with Crippen LogP contribution in [0.3, 0.4) is 0 Å². The van der Waals surface area contributed by atoms with Crippen LogP contribution in [0.25, 0.3) is 22.2 Å². The van der Waals surface area contributed by atoms with Gasteiger partial charge >= 0.3 is 0 Å². The van der Waals surface area contributed by atoms with Crippen LogP contribution in [0.4, 0.5) is 23.0 Å². The van der Waals surface area contributed by atoms with E-state index in [0.717, 1.165) is 48.0 Å². The van der Waals surface area contributed by atoms with Gasteiger partial charge in [-0.3, -0.25) is 4.79 Å². The third-order valence-corrected chi connectivity index (χ3v) is 8.11. The molecule has 0 unspecified atom stereocenters. The van der Waals surface area contributed by atoms with Crippen LogP contribution in [0, 0.1) is 0 Å². The minimum atomic E-state index is -0.256. The zero-order valence-electron chi connectivity index (χ0n) is 23.7. The molecule has 9 heteroatoms. The summed E-state index contributed by atoms with van der Waals surface area (Å²) < 4.78 is 2.45. The van der Waals surface area contributed by atoms with Crippen molar-refractivity contribution in [2.45, 2.75) is 30.7 Å². The molecule has 1 aliphatic heterocycles. The van der Waals surface area contributed by atoms with Crippen molar-refractivity contribution in [1.29, 1.82) is 0 Å².